The van der Waals surface area contributed by atoms with Crippen molar-refractivity contribution in [2.75, 3.05) is 4.90 Å². The lowest BCUT2D eigenvalue weighted by atomic mass is 9.76. The summed E-state index contributed by atoms with van der Waals surface area (Å²) in [6, 6.07) is 6.71. The number of ketones is 1. The molecule has 1 aliphatic heterocycles. The van der Waals surface area contributed by atoms with Gasteiger partial charge in [0.15, 0.2) is 5.78 Å². The number of carbonyl (C=O) groups excluding carboxylic acids is 3. The Hall–Kier alpha value is -1.97. The number of amides is 2. The Labute approximate surface area is 124 Å². The number of imide groups is 1. The second-order valence-electron chi connectivity index (χ2n) is 6.25. The van der Waals surface area contributed by atoms with Crippen molar-refractivity contribution in [3.8, 4) is 0 Å². The van der Waals surface area contributed by atoms with Crippen LogP contribution in [0.15, 0.2) is 24.3 Å². The highest BCUT2D eigenvalue weighted by atomic mass is 16.2. The highest BCUT2D eigenvalue weighted by Gasteiger charge is 2.49. The quantitative estimate of drug-likeness (QED) is 0.620. The number of rotatable bonds is 2. The molecule has 0 spiro atoms. The third-order valence-corrected chi connectivity index (χ3v) is 4.72. The summed E-state index contributed by atoms with van der Waals surface area (Å²) in [5.41, 5.74) is 1.17. The molecule has 3 rings (SSSR count). The fourth-order valence-corrected chi connectivity index (χ4v) is 3.49. The zero-order chi connectivity index (χ0) is 15.1. The molecule has 1 aromatic rings. The van der Waals surface area contributed by atoms with Gasteiger partial charge in [-0.2, -0.15) is 0 Å². The van der Waals surface area contributed by atoms with E-state index in [0.717, 1.165) is 19.3 Å². The van der Waals surface area contributed by atoms with Crippen molar-refractivity contribution in [3.05, 3.63) is 29.8 Å². The number of nitrogens with zero attached hydrogens (tertiary/aromatic N) is 1. The van der Waals surface area contributed by atoms with E-state index >= 15 is 0 Å². The summed E-state index contributed by atoms with van der Waals surface area (Å²) in [4.78, 5) is 37.7. The van der Waals surface area contributed by atoms with Crippen molar-refractivity contribution >= 4 is 23.3 Å². The van der Waals surface area contributed by atoms with E-state index in [-0.39, 0.29) is 29.4 Å². The molecule has 2 fully saturated rings. The highest BCUT2D eigenvalue weighted by Crippen LogP contribution is 2.42. The van der Waals surface area contributed by atoms with Crippen LogP contribution in [0.1, 0.15) is 43.5 Å². The second-order valence-corrected chi connectivity index (χ2v) is 6.25. The van der Waals surface area contributed by atoms with Crippen LogP contribution < -0.4 is 4.90 Å². The SMILES string of the molecule is CC(=O)c1ccc(N2C(=O)[C@H]3CC[C@H](C)C[C@H]3C2=O)cc1. The molecule has 21 heavy (non-hydrogen) atoms. The first-order valence-corrected chi connectivity index (χ1v) is 7.48. The van der Waals surface area contributed by atoms with Crippen LogP contribution in [-0.4, -0.2) is 17.6 Å². The van der Waals surface area contributed by atoms with Gasteiger partial charge in [-0.3, -0.25) is 19.3 Å². The maximum absolute atomic E-state index is 12.6. The fraction of sp³-hybridized carbons (Fsp3) is 0.471. The number of hydrogen-bond donors (Lipinski definition) is 0. The summed E-state index contributed by atoms with van der Waals surface area (Å²) in [5, 5.41) is 0. The molecule has 0 aromatic heterocycles. The first kappa shape index (κ1) is 14.0. The number of Topliss-reactive ketones (excluding diaryl/α,β-unsaturated/α-hetero) is 1. The summed E-state index contributed by atoms with van der Waals surface area (Å²) < 4.78 is 0. The summed E-state index contributed by atoms with van der Waals surface area (Å²) >= 11 is 0. The Morgan fingerprint density at radius 2 is 1.67 bits per heavy atom. The van der Waals surface area contributed by atoms with Crippen LogP contribution in [0.4, 0.5) is 5.69 Å². The molecule has 2 aliphatic rings. The molecule has 0 radical (unpaired) electrons. The molecule has 1 saturated carbocycles. The van der Waals surface area contributed by atoms with Crippen molar-refractivity contribution in [1.29, 1.82) is 0 Å². The first-order chi connectivity index (χ1) is 9.99. The van der Waals surface area contributed by atoms with Gasteiger partial charge in [0.2, 0.25) is 11.8 Å². The molecule has 110 valence electrons. The molecular weight excluding hydrogens is 266 g/mol. The van der Waals surface area contributed by atoms with Crippen molar-refractivity contribution in [1.82, 2.24) is 0 Å². The predicted molar refractivity (Wildman–Crippen MR) is 78.9 cm³/mol. The summed E-state index contributed by atoms with van der Waals surface area (Å²) in [7, 11) is 0. The Morgan fingerprint density at radius 1 is 1.05 bits per heavy atom. The zero-order valence-corrected chi connectivity index (χ0v) is 12.3. The van der Waals surface area contributed by atoms with Gasteiger partial charge in [-0.1, -0.05) is 6.92 Å². The minimum Gasteiger partial charge on any atom is -0.295 e. The van der Waals surface area contributed by atoms with E-state index in [0.29, 0.717) is 17.2 Å². The number of fused-ring (bicyclic) bond motifs is 1. The Balaban J connectivity index is 1.90. The summed E-state index contributed by atoms with van der Waals surface area (Å²) in [6.45, 7) is 3.63. The van der Waals surface area contributed by atoms with Gasteiger partial charge in [0, 0.05) is 5.56 Å². The van der Waals surface area contributed by atoms with Crippen molar-refractivity contribution in [2.45, 2.75) is 33.1 Å². The molecule has 1 aliphatic carbocycles. The molecule has 0 bridgehead atoms. The van der Waals surface area contributed by atoms with E-state index in [1.54, 1.807) is 24.3 Å². The normalized spacial score (nSPS) is 28.7. The predicted octanol–water partition coefficient (Wildman–Crippen LogP) is 2.81. The molecule has 1 saturated heterocycles. The van der Waals surface area contributed by atoms with E-state index in [1.807, 2.05) is 0 Å². The van der Waals surface area contributed by atoms with Crippen molar-refractivity contribution in [3.63, 3.8) is 0 Å². The monoisotopic (exact) mass is 285 g/mol. The molecule has 4 nitrogen and oxygen atoms in total. The van der Waals surface area contributed by atoms with Gasteiger partial charge in [0.1, 0.15) is 0 Å². The minimum absolute atomic E-state index is 0.0249. The van der Waals surface area contributed by atoms with E-state index < -0.39 is 0 Å². The standard InChI is InChI=1S/C17H19NO3/c1-10-3-8-14-15(9-10)17(21)18(16(14)20)13-6-4-12(5-7-13)11(2)19/h4-7,10,14-15H,3,8-9H2,1-2H3/t10-,14-,15+/m0/s1. The lowest BCUT2D eigenvalue weighted by molar-refractivity contribution is -0.122. The van der Waals surface area contributed by atoms with Gasteiger partial charge in [0.05, 0.1) is 17.5 Å². The van der Waals surface area contributed by atoms with Gasteiger partial charge in [-0.25, -0.2) is 0 Å². The van der Waals surface area contributed by atoms with Gasteiger partial charge < -0.3 is 0 Å². The van der Waals surface area contributed by atoms with E-state index in [1.165, 1.54) is 11.8 Å². The van der Waals surface area contributed by atoms with E-state index in [9.17, 15) is 14.4 Å². The molecule has 2 amide bonds. The average molecular weight is 285 g/mol. The maximum atomic E-state index is 12.6. The summed E-state index contributed by atoms with van der Waals surface area (Å²) in [6.07, 6.45) is 2.62. The molecule has 3 atom stereocenters. The third kappa shape index (κ3) is 2.28. The molecular formula is C17H19NO3. The van der Waals surface area contributed by atoms with Crippen LogP contribution in [0.25, 0.3) is 0 Å². The number of hydrogen-bond acceptors (Lipinski definition) is 3. The van der Waals surface area contributed by atoms with Gasteiger partial charge >= 0.3 is 0 Å². The van der Waals surface area contributed by atoms with Crippen LogP contribution in [0.3, 0.4) is 0 Å². The van der Waals surface area contributed by atoms with Crippen molar-refractivity contribution in [2.24, 2.45) is 17.8 Å². The van der Waals surface area contributed by atoms with Crippen LogP contribution in [0.5, 0.6) is 0 Å². The molecule has 4 heteroatoms. The van der Waals surface area contributed by atoms with Gasteiger partial charge in [0.25, 0.3) is 0 Å². The van der Waals surface area contributed by atoms with Crippen LogP contribution in [0, 0.1) is 17.8 Å². The number of benzene rings is 1. The van der Waals surface area contributed by atoms with E-state index in [2.05, 4.69) is 6.92 Å². The zero-order valence-electron chi connectivity index (χ0n) is 12.3. The van der Waals surface area contributed by atoms with Gasteiger partial charge in [-0.05, 0) is 56.4 Å². The Morgan fingerprint density at radius 3 is 2.29 bits per heavy atom. The largest absolute Gasteiger partial charge is 0.295 e. The lowest BCUT2D eigenvalue weighted by Gasteiger charge is -2.25. The average Bonchev–Trinajstić information content (AvgIpc) is 2.70. The molecule has 1 heterocycles. The highest BCUT2D eigenvalue weighted by molar-refractivity contribution is 6.22. The number of carbonyl (C=O) groups is 3. The second kappa shape index (κ2) is 5.10. The number of anilines is 1. The molecule has 0 N–H and O–H groups in total. The van der Waals surface area contributed by atoms with Crippen molar-refractivity contribution < 1.29 is 14.4 Å². The van der Waals surface area contributed by atoms with Crippen LogP contribution >= 0.6 is 0 Å². The smallest absolute Gasteiger partial charge is 0.237 e. The summed E-state index contributed by atoms with van der Waals surface area (Å²) in [5.74, 6) is 0.0145. The first-order valence-electron chi connectivity index (χ1n) is 7.48. The minimum atomic E-state index is -0.159. The third-order valence-electron chi connectivity index (χ3n) is 4.72. The molecule has 0 unspecified atom stereocenters. The van der Waals surface area contributed by atoms with Crippen LogP contribution in [0.2, 0.25) is 0 Å². The van der Waals surface area contributed by atoms with Crippen LogP contribution in [-0.2, 0) is 9.59 Å². The lowest BCUT2D eigenvalue weighted by Crippen LogP contribution is -2.30. The Kier molecular flexibility index (Phi) is 3.40. The Bertz CT molecular complexity index is 605. The van der Waals surface area contributed by atoms with E-state index in [4.69, 9.17) is 0 Å². The molecule has 1 aromatic carbocycles. The van der Waals surface area contributed by atoms with Gasteiger partial charge in [-0.15, -0.1) is 0 Å². The topological polar surface area (TPSA) is 54.5 Å². The maximum Gasteiger partial charge on any atom is 0.237 e. The fourth-order valence-electron chi connectivity index (χ4n) is 3.49.